The Kier molecular flexibility index (Phi) is 5.35. The van der Waals surface area contributed by atoms with Crippen LogP contribution in [0.15, 0.2) is 57.7 Å². The van der Waals surface area contributed by atoms with Crippen LogP contribution < -0.4 is 15.8 Å². The van der Waals surface area contributed by atoms with Crippen LogP contribution in [0.2, 0.25) is 0 Å². The lowest BCUT2D eigenvalue weighted by molar-refractivity contribution is 0.102. The first-order valence-electron chi connectivity index (χ1n) is 8.63. The molecule has 2 aromatic carbocycles. The number of benzene rings is 2. The highest BCUT2D eigenvalue weighted by molar-refractivity contribution is 7.13. The molecule has 0 unspecified atom stereocenters. The lowest BCUT2D eigenvalue weighted by Gasteiger charge is -2.03. The van der Waals surface area contributed by atoms with Crippen molar-refractivity contribution in [2.75, 3.05) is 12.4 Å². The third-order valence-electron chi connectivity index (χ3n) is 3.99. The Morgan fingerprint density at radius 2 is 1.90 bits per heavy atom. The number of carbonyl (C=O) groups excluding carboxylic acids is 1. The number of hydrogen-bond acceptors (Lipinski definition) is 8. The van der Waals surface area contributed by atoms with Gasteiger partial charge in [0.2, 0.25) is 10.9 Å². The second kappa shape index (κ2) is 8.25. The van der Waals surface area contributed by atoms with Crippen LogP contribution >= 0.6 is 11.3 Å². The van der Waals surface area contributed by atoms with Crippen molar-refractivity contribution in [1.29, 1.82) is 0 Å². The molecule has 0 aliphatic carbocycles. The van der Waals surface area contributed by atoms with Gasteiger partial charge in [0.15, 0.2) is 0 Å². The zero-order valence-corrected chi connectivity index (χ0v) is 16.4. The minimum absolute atomic E-state index is 0.0169. The Bertz CT molecular complexity index is 1230. The SMILES string of the molecule is COc1ccc(NC(=O)c2nnc(Cn3nc(-c4ccc(F)cc4)oc3=O)s2)cc1. The first-order valence-corrected chi connectivity index (χ1v) is 9.45. The fourth-order valence-corrected chi connectivity index (χ4v) is 3.23. The zero-order valence-electron chi connectivity index (χ0n) is 15.5. The van der Waals surface area contributed by atoms with Crippen LogP contribution in [-0.2, 0) is 6.54 Å². The Balaban J connectivity index is 1.46. The molecule has 9 nitrogen and oxygen atoms in total. The molecule has 4 rings (SSSR count). The molecule has 0 spiro atoms. The van der Waals surface area contributed by atoms with E-state index >= 15 is 0 Å². The summed E-state index contributed by atoms with van der Waals surface area (Å²) >= 11 is 1.03. The zero-order chi connectivity index (χ0) is 21.1. The van der Waals surface area contributed by atoms with Gasteiger partial charge in [0.25, 0.3) is 5.91 Å². The van der Waals surface area contributed by atoms with E-state index in [4.69, 9.17) is 9.15 Å². The third-order valence-corrected chi connectivity index (χ3v) is 4.90. The van der Waals surface area contributed by atoms with Crippen LogP contribution in [0.1, 0.15) is 14.8 Å². The molecule has 0 saturated carbocycles. The number of aromatic nitrogens is 4. The number of halogens is 1. The van der Waals surface area contributed by atoms with Gasteiger partial charge < -0.3 is 14.5 Å². The van der Waals surface area contributed by atoms with Crippen molar-refractivity contribution in [2.24, 2.45) is 0 Å². The van der Waals surface area contributed by atoms with Crippen molar-refractivity contribution in [1.82, 2.24) is 20.0 Å². The lowest BCUT2D eigenvalue weighted by Crippen LogP contribution is -2.16. The van der Waals surface area contributed by atoms with Gasteiger partial charge >= 0.3 is 5.76 Å². The molecule has 152 valence electrons. The predicted octanol–water partition coefficient (Wildman–Crippen LogP) is 2.80. The van der Waals surface area contributed by atoms with Gasteiger partial charge in [0.1, 0.15) is 23.1 Å². The van der Waals surface area contributed by atoms with Crippen LogP contribution in [0.25, 0.3) is 11.5 Å². The van der Waals surface area contributed by atoms with Crippen molar-refractivity contribution in [3.8, 4) is 17.2 Å². The first kappa shape index (κ1) is 19.5. The quantitative estimate of drug-likeness (QED) is 0.503. The number of carbonyl (C=O) groups is 1. The molecule has 0 radical (unpaired) electrons. The highest BCUT2D eigenvalue weighted by atomic mass is 32.1. The highest BCUT2D eigenvalue weighted by Gasteiger charge is 2.16. The van der Waals surface area contributed by atoms with Gasteiger partial charge in [-0.3, -0.25) is 4.79 Å². The van der Waals surface area contributed by atoms with Crippen molar-refractivity contribution < 1.29 is 18.3 Å². The third kappa shape index (κ3) is 4.25. The lowest BCUT2D eigenvalue weighted by atomic mass is 10.2. The maximum Gasteiger partial charge on any atom is 0.437 e. The van der Waals surface area contributed by atoms with E-state index in [1.54, 1.807) is 31.4 Å². The van der Waals surface area contributed by atoms with E-state index < -0.39 is 17.5 Å². The molecule has 0 bridgehead atoms. The molecule has 4 aromatic rings. The number of rotatable bonds is 6. The summed E-state index contributed by atoms with van der Waals surface area (Å²) in [6.07, 6.45) is 0. The number of methoxy groups -OCH3 is 1. The molecule has 2 heterocycles. The van der Waals surface area contributed by atoms with Gasteiger partial charge in [-0.05, 0) is 48.5 Å². The van der Waals surface area contributed by atoms with E-state index in [0.717, 1.165) is 16.0 Å². The summed E-state index contributed by atoms with van der Waals surface area (Å²) in [6, 6.07) is 12.2. The van der Waals surface area contributed by atoms with E-state index in [-0.39, 0.29) is 17.4 Å². The molecule has 0 atom stereocenters. The molecule has 11 heteroatoms. The maximum absolute atomic E-state index is 13.0. The average molecular weight is 427 g/mol. The molecular formula is C19H14FN5O4S. The molecule has 30 heavy (non-hydrogen) atoms. The molecular weight excluding hydrogens is 413 g/mol. The van der Waals surface area contributed by atoms with Crippen LogP contribution in [-0.4, -0.2) is 33.0 Å². The Hall–Kier alpha value is -3.86. The summed E-state index contributed by atoms with van der Waals surface area (Å²) in [6.45, 7) is -0.0169. The van der Waals surface area contributed by atoms with Gasteiger partial charge in [-0.1, -0.05) is 11.3 Å². The van der Waals surface area contributed by atoms with E-state index in [2.05, 4.69) is 20.6 Å². The van der Waals surface area contributed by atoms with Gasteiger partial charge in [0.05, 0.1) is 7.11 Å². The largest absolute Gasteiger partial charge is 0.497 e. The smallest absolute Gasteiger partial charge is 0.437 e. The monoisotopic (exact) mass is 427 g/mol. The summed E-state index contributed by atoms with van der Waals surface area (Å²) in [7, 11) is 1.55. The number of hydrogen-bond donors (Lipinski definition) is 1. The van der Waals surface area contributed by atoms with Crippen LogP contribution in [0.4, 0.5) is 10.1 Å². The van der Waals surface area contributed by atoms with E-state index in [0.29, 0.717) is 22.0 Å². The summed E-state index contributed by atoms with van der Waals surface area (Å²) in [4.78, 5) is 24.4. The minimum atomic E-state index is -0.700. The van der Waals surface area contributed by atoms with Crippen LogP contribution in [0.5, 0.6) is 5.75 Å². The predicted molar refractivity (Wildman–Crippen MR) is 106 cm³/mol. The highest BCUT2D eigenvalue weighted by Crippen LogP contribution is 2.19. The fourth-order valence-electron chi connectivity index (χ4n) is 2.51. The molecule has 2 aromatic heterocycles. The van der Waals surface area contributed by atoms with Gasteiger partial charge in [-0.25, -0.2) is 9.18 Å². The van der Waals surface area contributed by atoms with Crippen molar-refractivity contribution in [3.05, 3.63) is 74.9 Å². The summed E-state index contributed by atoms with van der Waals surface area (Å²) in [5.41, 5.74) is 1.04. The molecule has 0 saturated heterocycles. The Morgan fingerprint density at radius 1 is 1.17 bits per heavy atom. The molecule has 0 aliphatic heterocycles. The van der Waals surface area contributed by atoms with E-state index in [1.165, 1.54) is 24.3 Å². The normalized spacial score (nSPS) is 10.7. The van der Waals surface area contributed by atoms with Crippen molar-refractivity contribution in [2.45, 2.75) is 6.54 Å². The summed E-state index contributed by atoms with van der Waals surface area (Å²) < 4.78 is 24.3. The number of ether oxygens (including phenoxy) is 1. The van der Waals surface area contributed by atoms with Gasteiger partial charge in [-0.2, -0.15) is 4.68 Å². The van der Waals surface area contributed by atoms with Gasteiger partial charge in [-0.15, -0.1) is 15.3 Å². The Labute approximate surface area is 172 Å². The first-order chi connectivity index (χ1) is 14.5. The standard InChI is InChI=1S/C19H14FN5O4S/c1-28-14-8-6-13(7-9-14)21-16(26)18-23-22-15(30-18)10-25-19(27)29-17(24-25)11-2-4-12(20)5-3-11/h2-9H,10H2,1H3,(H,21,26). The number of nitrogens with one attached hydrogen (secondary N) is 1. The second-order valence-electron chi connectivity index (χ2n) is 6.02. The fraction of sp³-hybridized carbons (Fsp3) is 0.105. The summed E-state index contributed by atoms with van der Waals surface area (Å²) in [5, 5.41) is 15.1. The molecule has 1 amide bonds. The van der Waals surface area contributed by atoms with E-state index in [1.807, 2.05) is 0 Å². The number of nitrogens with zero attached hydrogens (tertiary/aromatic N) is 4. The number of amides is 1. The van der Waals surface area contributed by atoms with Crippen LogP contribution in [0.3, 0.4) is 0 Å². The maximum atomic E-state index is 13.0. The topological polar surface area (TPSA) is 112 Å². The average Bonchev–Trinajstić information content (AvgIpc) is 3.36. The molecule has 0 aliphatic rings. The van der Waals surface area contributed by atoms with Gasteiger partial charge in [0, 0.05) is 11.3 Å². The van der Waals surface area contributed by atoms with E-state index in [9.17, 15) is 14.0 Å². The Morgan fingerprint density at radius 3 is 2.60 bits per heavy atom. The molecule has 1 N–H and O–H groups in total. The molecule has 0 fully saturated rings. The van der Waals surface area contributed by atoms with Crippen molar-refractivity contribution in [3.63, 3.8) is 0 Å². The van der Waals surface area contributed by atoms with Crippen molar-refractivity contribution >= 4 is 22.9 Å². The minimum Gasteiger partial charge on any atom is -0.497 e. The number of anilines is 1. The second-order valence-corrected chi connectivity index (χ2v) is 7.08. The van der Waals surface area contributed by atoms with Crippen LogP contribution in [0, 0.1) is 5.82 Å². The summed E-state index contributed by atoms with van der Waals surface area (Å²) in [5.74, 6) is -0.807.